The highest BCUT2D eigenvalue weighted by atomic mass is 32.1. The van der Waals surface area contributed by atoms with Crippen LogP contribution in [-0.2, 0) is 6.54 Å². The highest BCUT2D eigenvalue weighted by Gasteiger charge is 2.06. The number of nitrogens with one attached hydrogen (secondary N) is 2. The Kier molecular flexibility index (Phi) is 3.88. The third-order valence-electron chi connectivity index (χ3n) is 1.57. The molecule has 1 rings (SSSR count). The van der Waals surface area contributed by atoms with Crippen molar-refractivity contribution in [1.82, 2.24) is 10.7 Å². The summed E-state index contributed by atoms with van der Waals surface area (Å²) < 4.78 is 0. The van der Waals surface area contributed by atoms with Crippen LogP contribution in [0.4, 0.5) is 0 Å². The Bertz CT molecular complexity index is 285. The predicted molar refractivity (Wildman–Crippen MR) is 53.4 cm³/mol. The summed E-state index contributed by atoms with van der Waals surface area (Å²) in [5, 5.41) is 3.18. The molecule has 1 aromatic rings. The standard InChI is InChI=1S/C8H13N3OS/c1-2-10-5-6-3-4-7(13-6)8(12)11-9/h3-4,10H,2,5,9H2,1H3,(H,11,12). The molecule has 0 unspecified atom stereocenters. The number of hydrogen-bond donors (Lipinski definition) is 3. The molecule has 0 aromatic carbocycles. The lowest BCUT2D eigenvalue weighted by atomic mass is 10.4. The van der Waals surface area contributed by atoms with E-state index in [4.69, 9.17) is 5.84 Å². The van der Waals surface area contributed by atoms with Crippen molar-refractivity contribution in [3.05, 3.63) is 21.9 Å². The number of rotatable bonds is 4. The van der Waals surface area contributed by atoms with Gasteiger partial charge in [0.15, 0.2) is 0 Å². The van der Waals surface area contributed by atoms with E-state index < -0.39 is 0 Å². The van der Waals surface area contributed by atoms with Gasteiger partial charge < -0.3 is 5.32 Å². The Morgan fingerprint density at radius 3 is 3.00 bits per heavy atom. The highest BCUT2D eigenvalue weighted by molar-refractivity contribution is 7.14. The van der Waals surface area contributed by atoms with Crippen molar-refractivity contribution in [1.29, 1.82) is 0 Å². The van der Waals surface area contributed by atoms with Crippen molar-refractivity contribution in [3.63, 3.8) is 0 Å². The van der Waals surface area contributed by atoms with Gasteiger partial charge in [0.05, 0.1) is 4.88 Å². The lowest BCUT2D eigenvalue weighted by Crippen LogP contribution is -2.29. The Balaban J connectivity index is 2.58. The molecule has 0 bridgehead atoms. The fourth-order valence-corrected chi connectivity index (χ4v) is 1.79. The SMILES string of the molecule is CCNCc1ccc(C(=O)NN)s1. The van der Waals surface area contributed by atoms with Crippen LogP contribution in [0, 0.1) is 0 Å². The number of thiophene rings is 1. The van der Waals surface area contributed by atoms with E-state index in [9.17, 15) is 4.79 Å². The number of carbonyl (C=O) groups excluding carboxylic acids is 1. The molecule has 0 aliphatic rings. The summed E-state index contributed by atoms with van der Waals surface area (Å²) in [6.45, 7) is 3.77. The largest absolute Gasteiger partial charge is 0.312 e. The monoisotopic (exact) mass is 199 g/mol. The first kappa shape index (κ1) is 10.2. The second-order valence-electron chi connectivity index (χ2n) is 2.52. The normalized spacial score (nSPS) is 10.0. The molecule has 4 N–H and O–H groups in total. The van der Waals surface area contributed by atoms with E-state index in [-0.39, 0.29) is 5.91 Å². The zero-order valence-electron chi connectivity index (χ0n) is 7.46. The van der Waals surface area contributed by atoms with E-state index in [2.05, 4.69) is 10.7 Å². The van der Waals surface area contributed by atoms with Crippen LogP contribution in [0.25, 0.3) is 0 Å². The Morgan fingerprint density at radius 2 is 2.38 bits per heavy atom. The number of nitrogen functional groups attached to an aromatic ring is 1. The molecule has 0 saturated carbocycles. The molecule has 4 nitrogen and oxygen atoms in total. The molecule has 0 atom stereocenters. The zero-order valence-corrected chi connectivity index (χ0v) is 8.28. The van der Waals surface area contributed by atoms with Crippen LogP contribution >= 0.6 is 11.3 Å². The number of hydrogen-bond acceptors (Lipinski definition) is 4. The fourth-order valence-electron chi connectivity index (χ4n) is 0.914. The summed E-state index contributed by atoms with van der Waals surface area (Å²) in [5.41, 5.74) is 2.10. The summed E-state index contributed by atoms with van der Waals surface area (Å²) >= 11 is 1.45. The number of carbonyl (C=O) groups is 1. The molecular weight excluding hydrogens is 186 g/mol. The third kappa shape index (κ3) is 2.80. The van der Waals surface area contributed by atoms with Crippen LogP contribution in [0.5, 0.6) is 0 Å². The first-order valence-electron chi connectivity index (χ1n) is 4.08. The predicted octanol–water partition coefficient (Wildman–Crippen LogP) is 0.461. The molecule has 0 aliphatic carbocycles. The smallest absolute Gasteiger partial charge is 0.275 e. The number of hydrazine groups is 1. The minimum absolute atomic E-state index is 0.229. The van der Waals surface area contributed by atoms with E-state index in [0.717, 1.165) is 18.0 Å². The van der Waals surface area contributed by atoms with Crippen LogP contribution in [0.2, 0.25) is 0 Å². The Labute approximate surface area is 81.1 Å². The van der Waals surface area contributed by atoms with Crippen molar-refractivity contribution in [2.75, 3.05) is 6.54 Å². The lowest BCUT2D eigenvalue weighted by molar-refractivity contribution is 0.0957. The minimum atomic E-state index is -0.229. The number of nitrogens with two attached hydrogens (primary N) is 1. The van der Waals surface area contributed by atoms with E-state index >= 15 is 0 Å². The van der Waals surface area contributed by atoms with Gasteiger partial charge in [-0.25, -0.2) is 5.84 Å². The Morgan fingerprint density at radius 1 is 1.62 bits per heavy atom. The molecule has 0 spiro atoms. The summed E-state index contributed by atoms with van der Waals surface area (Å²) in [6, 6.07) is 3.71. The second-order valence-corrected chi connectivity index (χ2v) is 3.69. The third-order valence-corrected chi connectivity index (χ3v) is 2.65. The molecule has 72 valence electrons. The van der Waals surface area contributed by atoms with Gasteiger partial charge in [-0.1, -0.05) is 6.92 Å². The molecule has 1 heterocycles. The van der Waals surface area contributed by atoms with Gasteiger partial charge in [-0.05, 0) is 18.7 Å². The maximum Gasteiger partial charge on any atom is 0.275 e. The molecular formula is C8H13N3OS. The highest BCUT2D eigenvalue weighted by Crippen LogP contribution is 2.15. The van der Waals surface area contributed by atoms with Crippen molar-refractivity contribution < 1.29 is 4.79 Å². The van der Waals surface area contributed by atoms with E-state index in [1.54, 1.807) is 6.07 Å². The molecule has 5 heteroatoms. The van der Waals surface area contributed by atoms with E-state index in [0.29, 0.717) is 4.88 Å². The van der Waals surface area contributed by atoms with Crippen molar-refractivity contribution in [3.8, 4) is 0 Å². The lowest BCUT2D eigenvalue weighted by Gasteiger charge is -1.96. The summed E-state index contributed by atoms with van der Waals surface area (Å²) in [4.78, 5) is 12.8. The van der Waals surface area contributed by atoms with Gasteiger partial charge >= 0.3 is 0 Å². The van der Waals surface area contributed by atoms with Gasteiger partial charge in [0.25, 0.3) is 5.91 Å². The molecule has 0 saturated heterocycles. The zero-order chi connectivity index (χ0) is 9.68. The van der Waals surface area contributed by atoms with E-state index in [1.165, 1.54) is 11.3 Å². The maximum atomic E-state index is 11.1. The molecule has 0 radical (unpaired) electrons. The van der Waals surface area contributed by atoms with Crippen LogP contribution in [0.1, 0.15) is 21.5 Å². The van der Waals surface area contributed by atoms with Gasteiger partial charge in [-0.2, -0.15) is 0 Å². The summed E-state index contributed by atoms with van der Waals surface area (Å²) in [5.74, 6) is 4.78. The maximum absolute atomic E-state index is 11.1. The molecule has 1 amide bonds. The summed E-state index contributed by atoms with van der Waals surface area (Å²) in [6.07, 6.45) is 0. The summed E-state index contributed by atoms with van der Waals surface area (Å²) in [7, 11) is 0. The van der Waals surface area contributed by atoms with Crippen LogP contribution < -0.4 is 16.6 Å². The minimum Gasteiger partial charge on any atom is -0.312 e. The van der Waals surface area contributed by atoms with Crippen molar-refractivity contribution in [2.24, 2.45) is 5.84 Å². The first-order valence-corrected chi connectivity index (χ1v) is 4.90. The van der Waals surface area contributed by atoms with Gasteiger partial charge in [0.2, 0.25) is 0 Å². The van der Waals surface area contributed by atoms with Crippen LogP contribution in [-0.4, -0.2) is 12.5 Å². The molecule has 0 fully saturated rings. The first-order chi connectivity index (χ1) is 6.27. The molecule has 0 aliphatic heterocycles. The van der Waals surface area contributed by atoms with Gasteiger partial charge in [0, 0.05) is 11.4 Å². The van der Waals surface area contributed by atoms with Crippen LogP contribution in [0.3, 0.4) is 0 Å². The Hall–Kier alpha value is -0.910. The average Bonchev–Trinajstić information content (AvgIpc) is 2.62. The second kappa shape index (κ2) is 4.96. The quantitative estimate of drug-likeness (QED) is 0.375. The fraction of sp³-hybridized carbons (Fsp3) is 0.375. The van der Waals surface area contributed by atoms with Gasteiger partial charge in [-0.3, -0.25) is 10.2 Å². The van der Waals surface area contributed by atoms with Crippen molar-refractivity contribution in [2.45, 2.75) is 13.5 Å². The van der Waals surface area contributed by atoms with Crippen LogP contribution in [0.15, 0.2) is 12.1 Å². The number of amides is 1. The molecule has 13 heavy (non-hydrogen) atoms. The topological polar surface area (TPSA) is 67.2 Å². The molecule has 1 aromatic heterocycles. The van der Waals surface area contributed by atoms with E-state index in [1.807, 2.05) is 13.0 Å². The van der Waals surface area contributed by atoms with Gasteiger partial charge in [-0.15, -0.1) is 11.3 Å². The average molecular weight is 199 g/mol. The van der Waals surface area contributed by atoms with Crippen molar-refractivity contribution >= 4 is 17.2 Å². The van der Waals surface area contributed by atoms with Gasteiger partial charge in [0.1, 0.15) is 0 Å².